The quantitative estimate of drug-likeness (QED) is 0.114. The van der Waals surface area contributed by atoms with E-state index in [9.17, 15) is 28.7 Å². The molecular formula is C41H32Cl2FN3O5. The third-order valence-electron chi connectivity index (χ3n) is 10.9. The number of hydrogen-bond donors (Lipinski definition) is 2. The molecule has 0 aromatic heterocycles. The summed E-state index contributed by atoms with van der Waals surface area (Å²) in [5, 5.41) is 15.0. The third-order valence-corrected chi connectivity index (χ3v) is 12.3. The van der Waals surface area contributed by atoms with E-state index in [1.165, 1.54) is 17.0 Å². The lowest BCUT2D eigenvalue weighted by Crippen LogP contribution is -2.60. The maximum absolute atomic E-state index is 14.6. The summed E-state index contributed by atoms with van der Waals surface area (Å²) >= 11 is 14.9. The Morgan fingerprint density at radius 1 is 0.808 bits per heavy atom. The zero-order valence-corrected chi connectivity index (χ0v) is 29.2. The van der Waals surface area contributed by atoms with Crippen LogP contribution in [-0.2, 0) is 25.6 Å². The predicted octanol–water partition coefficient (Wildman–Crippen LogP) is 7.77. The van der Waals surface area contributed by atoms with E-state index >= 15 is 0 Å². The Balaban J connectivity index is 1.22. The number of imide groups is 2. The van der Waals surface area contributed by atoms with Gasteiger partial charge in [-0.05, 0) is 91.4 Å². The Morgan fingerprint density at radius 2 is 1.46 bits per heavy atom. The highest BCUT2D eigenvalue weighted by molar-refractivity contribution is 6.58. The molecule has 8 rings (SSSR count). The Morgan fingerprint density at radius 3 is 2.15 bits per heavy atom. The summed E-state index contributed by atoms with van der Waals surface area (Å²) in [6.07, 6.45) is 3.68. The molecule has 52 heavy (non-hydrogen) atoms. The van der Waals surface area contributed by atoms with Crippen molar-refractivity contribution < 1.29 is 28.7 Å². The minimum absolute atomic E-state index is 0.0764. The number of phenolic OH excluding ortho intramolecular Hbond substituents is 1. The molecule has 4 amide bonds. The van der Waals surface area contributed by atoms with Crippen molar-refractivity contribution in [1.29, 1.82) is 0 Å². The highest BCUT2D eigenvalue weighted by Crippen LogP contribution is 2.66. The normalized spacial score (nSPS) is 27.9. The monoisotopic (exact) mass is 735 g/mol. The van der Waals surface area contributed by atoms with E-state index in [-0.39, 0.29) is 35.7 Å². The first-order valence-electron chi connectivity index (χ1n) is 16.9. The molecule has 4 aromatic rings. The van der Waals surface area contributed by atoms with Gasteiger partial charge in [-0.2, -0.15) is 0 Å². The predicted molar refractivity (Wildman–Crippen MR) is 197 cm³/mol. The molecule has 2 aliphatic heterocycles. The number of phenols is 1. The Labute approximate surface area is 309 Å². The molecule has 0 radical (unpaired) electrons. The molecular weight excluding hydrogens is 704 g/mol. The summed E-state index contributed by atoms with van der Waals surface area (Å²) < 4.78 is 14.0. The van der Waals surface area contributed by atoms with Gasteiger partial charge in [0.2, 0.25) is 11.8 Å². The number of carbonyl (C=O) groups is 4. The molecule has 2 saturated heterocycles. The molecule has 4 aliphatic rings. The Kier molecular flexibility index (Phi) is 8.12. The van der Waals surface area contributed by atoms with Gasteiger partial charge in [0, 0.05) is 22.9 Å². The molecule has 0 bridgehead atoms. The SMILES string of the molecule is C=CCc1cccc([C@H]2C3=CC[C@@H]4C(=O)N(c5ccc(Nc6ccccc6)cc5)C(=O)[C@@H]4[C@@H]3C[C@@]3(Cl)C(=O)N(c4ccc(F)cc4)C(=O)[C@@]23Cl)c1O. The number of amides is 4. The van der Waals surface area contributed by atoms with Gasteiger partial charge in [-0.1, -0.05) is 54.1 Å². The topological polar surface area (TPSA) is 107 Å². The number of carbonyl (C=O) groups excluding carboxylic acids is 4. The standard InChI is InChI=1S/C41H32Cl2FN3O5/c1-2-7-23-8-6-11-31(35(23)48)34-29-20-21-30-33(37(50)46(36(30)49)27-18-14-26(15-19-27)45-25-9-4-3-5-10-25)32(29)22-40(42)38(51)47(39(52)41(34,40)43)28-16-12-24(44)13-17-28/h2-6,8-20,30,32-34,45,48H,1,7,21-22H2/t30-,32+,33-,34+,40+,41-/m0/s1. The summed E-state index contributed by atoms with van der Waals surface area (Å²) in [5.41, 5.74) is 3.43. The molecule has 11 heteroatoms. The van der Waals surface area contributed by atoms with Gasteiger partial charge in [-0.25, -0.2) is 9.29 Å². The second kappa shape index (κ2) is 12.5. The van der Waals surface area contributed by atoms with Gasteiger partial charge < -0.3 is 10.4 Å². The van der Waals surface area contributed by atoms with E-state index in [2.05, 4.69) is 11.9 Å². The fourth-order valence-electron chi connectivity index (χ4n) is 8.55. The number of nitrogens with one attached hydrogen (secondary N) is 1. The fraction of sp³-hybridized carbons (Fsp3) is 0.220. The van der Waals surface area contributed by atoms with Crippen LogP contribution < -0.4 is 15.1 Å². The van der Waals surface area contributed by atoms with Gasteiger partial charge in [0.25, 0.3) is 11.8 Å². The first-order chi connectivity index (χ1) is 25.0. The Bertz CT molecular complexity index is 2190. The first-order valence-corrected chi connectivity index (χ1v) is 17.7. The van der Waals surface area contributed by atoms with E-state index in [1.807, 2.05) is 36.4 Å². The second-order valence-corrected chi connectivity index (χ2v) is 14.9. The van der Waals surface area contributed by atoms with Crippen LogP contribution in [0.15, 0.2) is 121 Å². The second-order valence-electron chi connectivity index (χ2n) is 13.6. The average Bonchev–Trinajstić information content (AvgIpc) is 3.48. The first kappa shape index (κ1) is 33.9. The molecule has 4 aromatic carbocycles. The van der Waals surface area contributed by atoms with Gasteiger partial charge in [0.1, 0.15) is 11.6 Å². The van der Waals surface area contributed by atoms with Crippen LogP contribution in [0.5, 0.6) is 5.75 Å². The smallest absolute Gasteiger partial charge is 0.258 e. The number of para-hydroxylation sites is 2. The molecule has 0 unspecified atom stereocenters. The molecule has 2 heterocycles. The summed E-state index contributed by atoms with van der Waals surface area (Å²) in [6, 6.07) is 26.4. The number of anilines is 4. The van der Waals surface area contributed by atoms with Crippen LogP contribution in [0.1, 0.15) is 29.9 Å². The van der Waals surface area contributed by atoms with Gasteiger partial charge in [0.15, 0.2) is 9.75 Å². The van der Waals surface area contributed by atoms with Crippen molar-refractivity contribution >= 4 is 69.6 Å². The lowest BCUT2D eigenvalue weighted by molar-refractivity contribution is -0.125. The van der Waals surface area contributed by atoms with Gasteiger partial charge >= 0.3 is 0 Å². The van der Waals surface area contributed by atoms with Crippen molar-refractivity contribution in [2.45, 2.75) is 34.9 Å². The van der Waals surface area contributed by atoms with Crippen molar-refractivity contribution in [2.75, 3.05) is 15.1 Å². The van der Waals surface area contributed by atoms with Crippen LogP contribution in [0, 0.1) is 23.6 Å². The highest BCUT2D eigenvalue weighted by atomic mass is 35.5. The van der Waals surface area contributed by atoms with Crippen LogP contribution in [-0.4, -0.2) is 38.5 Å². The number of aromatic hydroxyl groups is 1. The highest BCUT2D eigenvalue weighted by Gasteiger charge is 2.77. The number of rotatable bonds is 7. The van der Waals surface area contributed by atoms with Crippen LogP contribution >= 0.6 is 23.2 Å². The van der Waals surface area contributed by atoms with Crippen molar-refractivity contribution in [3.63, 3.8) is 0 Å². The van der Waals surface area contributed by atoms with Crippen molar-refractivity contribution in [2.24, 2.45) is 17.8 Å². The molecule has 3 fully saturated rings. The van der Waals surface area contributed by atoms with E-state index in [0.717, 1.165) is 28.4 Å². The maximum atomic E-state index is 14.6. The van der Waals surface area contributed by atoms with Crippen molar-refractivity contribution in [3.05, 3.63) is 138 Å². The summed E-state index contributed by atoms with van der Waals surface area (Å²) in [6.45, 7) is 3.78. The molecule has 0 spiro atoms. The van der Waals surface area contributed by atoms with Gasteiger partial charge in [0.05, 0.1) is 23.2 Å². The minimum Gasteiger partial charge on any atom is -0.507 e. The zero-order chi connectivity index (χ0) is 36.5. The van der Waals surface area contributed by atoms with E-state index in [1.54, 1.807) is 48.5 Å². The third kappa shape index (κ3) is 4.86. The molecule has 1 saturated carbocycles. The number of alkyl halides is 2. The fourth-order valence-corrected chi connectivity index (χ4v) is 9.47. The van der Waals surface area contributed by atoms with E-state index in [0.29, 0.717) is 23.2 Å². The van der Waals surface area contributed by atoms with Gasteiger partial charge in [-0.3, -0.25) is 24.1 Å². The molecule has 8 nitrogen and oxygen atoms in total. The largest absolute Gasteiger partial charge is 0.507 e. The lowest BCUT2D eigenvalue weighted by atomic mass is 9.56. The minimum atomic E-state index is -2.16. The molecule has 2 aliphatic carbocycles. The molecule has 6 atom stereocenters. The number of allylic oxidation sites excluding steroid dienone is 3. The number of halogens is 3. The number of hydrogen-bond acceptors (Lipinski definition) is 6. The van der Waals surface area contributed by atoms with Crippen LogP contribution in [0.25, 0.3) is 0 Å². The van der Waals surface area contributed by atoms with Crippen molar-refractivity contribution in [3.8, 4) is 5.75 Å². The van der Waals surface area contributed by atoms with Crippen molar-refractivity contribution in [1.82, 2.24) is 0 Å². The summed E-state index contributed by atoms with van der Waals surface area (Å²) in [7, 11) is 0. The number of benzene rings is 4. The maximum Gasteiger partial charge on any atom is 0.258 e. The van der Waals surface area contributed by atoms with Crippen LogP contribution in [0.3, 0.4) is 0 Å². The van der Waals surface area contributed by atoms with E-state index in [4.69, 9.17) is 23.2 Å². The molecule has 262 valence electrons. The van der Waals surface area contributed by atoms with Crippen LogP contribution in [0.4, 0.5) is 27.1 Å². The summed E-state index contributed by atoms with van der Waals surface area (Å²) in [4.78, 5) is 55.4. The average molecular weight is 737 g/mol. The zero-order valence-electron chi connectivity index (χ0n) is 27.6. The number of fused-ring (bicyclic) bond motifs is 4. The number of nitrogens with zero attached hydrogens (tertiary/aromatic N) is 2. The Hall–Kier alpha value is -5.25. The lowest BCUT2D eigenvalue weighted by Gasteiger charge is -2.50. The van der Waals surface area contributed by atoms with E-state index < -0.39 is 57.0 Å². The van der Waals surface area contributed by atoms with Crippen LogP contribution in [0.2, 0.25) is 0 Å². The van der Waals surface area contributed by atoms with Gasteiger partial charge in [-0.15, -0.1) is 29.8 Å². The molecule has 2 N–H and O–H groups in total. The summed E-state index contributed by atoms with van der Waals surface area (Å²) in [5.74, 6) is -6.84.